The van der Waals surface area contributed by atoms with Crippen molar-refractivity contribution in [3.63, 3.8) is 0 Å². The van der Waals surface area contributed by atoms with Gasteiger partial charge in [-0.2, -0.15) is 39.0 Å². The zero-order chi connectivity index (χ0) is 16.8. The first-order valence-corrected chi connectivity index (χ1v) is 8.52. The van der Waals surface area contributed by atoms with Crippen LogP contribution in [-0.2, 0) is 0 Å². The highest BCUT2D eigenvalue weighted by Crippen LogP contribution is 2.68. The smallest absolute Gasteiger partial charge is 0.169 e. The fraction of sp³-hybridized carbons (Fsp3) is 0.875. The van der Waals surface area contributed by atoms with Crippen molar-refractivity contribution in [3.8, 4) is 0 Å². The molecule has 7 unspecified atom stereocenters. The van der Waals surface area contributed by atoms with Gasteiger partial charge >= 0.3 is 12.4 Å². The Morgan fingerprint density at radius 2 is 1.39 bits per heavy atom. The monoisotopic (exact) mass is 356 g/mol. The van der Waals surface area contributed by atoms with Gasteiger partial charge in [0.25, 0.3) is 0 Å². The Labute approximate surface area is 136 Å². The second-order valence-corrected chi connectivity index (χ2v) is 8.58. The Morgan fingerprint density at radius 3 is 1.96 bits per heavy atom. The number of hydrogen-bond donors (Lipinski definition) is 1. The van der Waals surface area contributed by atoms with Crippen LogP contribution < -0.4 is 0 Å². The number of halogens is 6. The number of allylic oxidation sites excluding steroid dienone is 2. The van der Waals surface area contributed by atoms with E-state index >= 15 is 0 Å². The van der Waals surface area contributed by atoms with Gasteiger partial charge in [-0.15, -0.1) is 0 Å². The van der Waals surface area contributed by atoms with Crippen molar-refractivity contribution in [1.82, 2.24) is 0 Å². The van der Waals surface area contributed by atoms with Crippen LogP contribution in [0.2, 0.25) is 0 Å². The molecule has 0 radical (unpaired) electrons. The van der Waals surface area contributed by atoms with Crippen LogP contribution in [0.25, 0.3) is 0 Å². The first-order valence-electron chi connectivity index (χ1n) is 8.07. The van der Waals surface area contributed by atoms with Gasteiger partial charge < -0.3 is 0 Å². The maximum absolute atomic E-state index is 13.1. The van der Waals surface area contributed by atoms with E-state index in [1.54, 1.807) is 0 Å². The molecule has 0 spiro atoms. The normalized spacial score (nSPS) is 45.1. The summed E-state index contributed by atoms with van der Waals surface area (Å²) in [5, 5.41) is 0. The molecule has 4 bridgehead atoms. The number of thiol groups is 1. The lowest BCUT2D eigenvalue weighted by Crippen LogP contribution is -2.54. The van der Waals surface area contributed by atoms with Crippen molar-refractivity contribution in [2.75, 3.05) is 0 Å². The lowest BCUT2D eigenvalue weighted by molar-refractivity contribution is -0.269. The molecule has 0 nitrogen and oxygen atoms in total. The topological polar surface area (TPSA) is 0 Å². The molecule has 0 amide bonds. The van der Waals surface area contributed by atoms with Crippen LogP contribution in [0, 0.1) is 41.4 Å². The Balaban J connectivity index is 1.58. The molecule has 0 aromatic carbocycles. The largest absolute Gasteiger partial charge is 0.411 e. The molecular weight excluding hydrogens is 338 g/mol. The third-order valence-electron chi connectivity index (χ3n) is 6.90. The Hall–Kier alpha value is -0.330. The predicted molar refractivity (Wildman–Crippen MR) is 75.9 cm³/mol. The molecule has 3 fully saturated rings. The minimum absolute atomic E-state index is 0.00109. The molecule has 130 valence electrons. The fourth-order valence-electron chi connectivity index (χ4n) is 6.16. The standard InChI is InChI=1S/C16H18F6S/c17-15(18,19)14(23,16(20,21)22)6-10-4-9-5-11(10)13-8-2-1-7(3-8)12(9)13/h1-2,7-13,23H,3-6H2. The van der Waals surface area contributed by atoms with Crippen LogP contribution in [0.4, 0.5) is 26.3 Å². The van der Waals surface area contributed by atoms with E-state index in [1.807, 2.05) is 0 Å². The molecule has 7 atom stereocenters. The summed E-state index contributed by atoms with van der Waals surface area (Å²) >= 11 is 3.14. The second-order valence-electron chi connectivity index (χ2n) is 7.82. The van der Waals surface area contributed by atoms with Gasteiger partial charge in [-0.25, -0.2) is 0 Å². The highest BCUT2D eigenvalue weighted by Gasteiger charge is 2.71. The van der Waals surface area contributed by atoms with Gasteiger partial charge in [0.05, 0.1) is 0 Å². The molecule has 0 aromatic heterocycles. The maximum Gasteiger partial charge on any atom is 0.411 e. The van der Waals surface area contributed by atoms with Gasteiger partial charge in [0.15, 0.2) is 0 Å². The number of fused-ring (bicyclic) bond motifs is 9. The molecule has 0 aliphatic heterocycles. The lowest BCUT2D eigenvalue weighted by Gasteiger charge is -2.41. The van der Waals surface area contributed by atoms with E-state index in [0.29, 0.717) is 36.0 Å². The maximum atomic E-state index is 13.1. The molecule has 4 rings (SSSR count). The quantitative estimate of drug-likeness (QED) is 0.297. The lowest BCUT2D eigenvalue weighted by atomic mass is 9.67. The Bertz CT molecular complexity index is 522. The summed E-state index contributed by atoms with van der Waals surface area (Å²) in [5.41, 5.74) is 0. The van der Waals surface area contributed by atoms with Crippen LogP contribution in [0.1, 0.15) is 25.7 Å². The third-order valence-corrected chi connectivity index (χ3v) is 7.59. The zero-order valence-corrected chi connectivity index (χ0v) is 13.1. The number of alkyl halides is 6. The van der Waals surface area contributed by atoms with Crippen LogP contribution in [-0.4, -0.2) is 17.1 Å². The third kappa shape index (κ3) is 2.07. The molecule has 7 heteroatoms. The van der Waals surface area contributed by atoms with Crippen LogP contribution in [0.15, 0.2) is 12.2 Å². The summed E-state index contributed by atoms with van der Waals surface area (Å²) in [7, 11) is 0. The average Bonchev–Trinajstić information content (AvgIpc) is 3.14. The van der Waals surface area contributed by atoms with Gasteiger partial charge in [0, 0.05) is 0 Å². The summed E-state index contributed by atoms with van der Waals surface area (Å²) in [6, 6.07) is 0. The minimum Gasteiger partial charge on any atom is -0.169 e. The average molecular weight is 356 g/mol. The number of rotatable bonds is 2. The minimum atomic E-state index is -5.38. The molecular formula is C16H18F6S. The van der Waals surface area contributed by atoms with E-state index in [0.717, 1.165) is 12.8 Å². The van der Waals surface area contributed by atoms with E-state index < -0.39 is 29.4 Å². The van der Waals surface area contributed by atoms with Gasteiger partial charge in [0.2, 0.25) is 4.75 Å². The Morgan fingerprint density at radius 1 is 0.826 bits per heavy atom. The molecule has 0 aromatic rings. The first-order chi connectivity index (χ1) is 10.5. The van der Waals surface area contributed by atoms with E-state index in [1.165, 1.54) is 0 Å². The zero-order valence-electron chi connectivity index (χ0n) is 12.2. The van der Waals surface area contributed by atoms with E-state index in [9.17, 15) is 26.3 Å². The summed E-state index contributed by atoms with van der Waals surface area (Å²) in [4.78, 5) is 0. The van der Waals surface area contributed by atoms with Gasteiger partial charge in [-0.05, 0) is 67.1 Å². The van der Waals surface area contributed by atoms with Crippen LogP contribution in [0.5, 0.6) is 0 Å². The SMILES string of the molecule is FC(F)(F)C(S)(CC1CC2CC1C1C3C=CC(C3)C21)C(F)(F)F. The van der Waals surface area contributed by atoms with Crippen molar-refractivity contribution in [2.24, 2.45) is 41.4 Å². The van der Waals surface area contributed by atoms with Crippen molar-refractivity contribution < 1.29 is 26.3 Å². The van der Waals surface area contributed by atoms with E-state index in [2.05, 4.69) is 24.8 Å². The second kappa shape index (κ2) is 4.64. The first kappa shape index (κ1) is 16.2. The Kier molecular flexibility index (Phi) is 3.26. The van der Waals surface area contributed by atoms with Crippen molar-refractivity contribution in [1.29, 1.82) is 0 Å². The molecule has 4 aliphatic carbocycles. The summed E-state index contributed by atoms with van der Waals surface area (Å²) in [5.74, 6) is 1.45. The summed E-state index contributed by atoms with van der Waals surface area (Å²) < 4.78 is 74.7. The van der Waals surface area contributed by atoms with E-state index in [-0.39, 0.29) is 5.92 Å². The molecule has 4 aliphatic rings. The van der Waals surface area contributed by atoms with Crippen LogP contribution in [0.3, 0.4) is 0 Å². The highest BCUT2D eigenvalue weighted by molar-refractivity contribution is 7.82. The molecule has 0 heterocycles. The highest BCUT2D eigenvalue weighted by atomic mass is 32.1. The van der Waals surface area contributed by atoms with Crippen LogP contribution >= 0.6 is 12.6 Å². The summed E-state index contributed by atoms with van der Waals surface area (Å²) in [6.07, 6.45) is -5.03. The molecule has 23 heavy (non-hydrogen) atoms. The predicted octanol–water partition coefficient (Wildman–Crippen LogP) is 5.26. The van der Waals surface area contributed by atoms with Gasteiger partial charge in [-0.1, -0.05) is 12.2 Å². The number of hydrogen-bond acceptors (Lipinski definition) is 1. The van der Waals surface area contributed by atoms with Crippen molar-refractivity contribution >= 4 is 12.6 Å². The molecule has 0 saturated heterocycles. The summed E-state index contributed by atoms with van der Waals surface area (Å²) in [6.45, 7) is 0. The van der Waals surface area contributed by atoms with Crippen molar-refractivity contribution in [3.05, 3.63) is 12.2 Å². The van der Waals surface area contributed by atoms with E-state index in [4.69, 9.17) is 0 Å². The molecule has 0 N–H and O–H groups in total. The van der Waals surface area contributed by atoms with Gasteiger partial charge in [-0.3, -0.25) is 0 Å². The van der Waals surface area contributed by atoms with Crippen molar-refractivity contribution in [2.45, 2.75) is 42.8 Å². The van der Waals surface area contributed by atoms with Gasteiger partial charge in [0.1, 0.15) is 0 Å². The molecule has 3 saturated carbocycles. The fourth-order valence-corrected chi connectivity index (χ4v) is 6.39.